The van der Waals surface area contributed by atoms with E-state index in [9.17, 15) is 4.79 Å². The van der Waals surface area contributed by atoms with Crippen LogP contribution in [-0.2, 0) is 15.9 Å². The van der Waals surface area contributed by atoms with Crippen LogP contribution in [0.5, 0.6) is 0 Å². The molecule has 6 nitrogen and oxygen atoms in total. The first-order valence-corrected chi connectivity index (χ1v) is 10.5. The molecule has 4 rings (SSSR count). The molecular weight excluding hydrogens is 390 g/mol. The summed E-state index contributed by atoms with van der Waals surface area (Å²) in [5, 5.41) is 0.535. The Morgan fingerprint density at radius 3 is 2.77 bits per heavy atom. The number of H-pyrrole nitrogens is 1. The van der Waals surface area contributed by atoms with E-state index >= 15 is 0 Å². The third kappa shape index (κ3) is 3.49. The standard InChI is InChI=1S/C17H17N3O3S3/c1-2-10-3-5-11(6-4-10)20-14-13(26-17(20)24)15(21)19-16(18-14)25-9-12-22-7-8-23-12/h3-6,12H,2,7-9H2,1H3,(H,18,19,21). The largest absolute Gasteiger partial charge is 0.349 e. The van der Waals surface area contributed by atoms with Crippen LogP contribution < -0.4 is 5.56 Å². The highest BCUT2D eigenvalue weighted by Gasteiger charge is 2.18. The molecular formula is C17H17N3O3S3. The number of thiazole rings is 1. The smallest absolute Gasteiger partial charge is 0.271 e. The molecule has 9 heteroatoms. The third-order valence-corrected chi connectivity index (χ3v) is 6.34. The molecule has 3 heterocycles. The molecule has 1 N–H and O–H groups in total. The van der Waals surface area contributed by atoms with Crippen molar-refractivity contribution in [3.8, 4) is 5.69 Å². The zero-order valence-corrected chi connectivity index (χ0v) is 16.5. The van der Waals surface area contributed by atoms with E-state index in [0.29, 0.717) is 38.4 Å². The van der Waals surface area contributed by atoms with Crippen molar-refractivity contribution in [1.82, 2.24) is 14.5 Å². The second kappa shape index (κ2) is 7.61. The fourth-order valence-corrected chi connectivity index (χ4v) is 4.79. The summed E-state index contributed by atoms with van der Waals surface area (Å²) in [6.45, 7) is 3.32. The summed E-state index contributed by atoms with van der Waals surface area (Å²) < 4.78 is 13.9. The Morgan fingerprint density at radius 1 is 1.35 bits per heavy atom. The van der Waals surface area contributed by atoms with Crippen LogP contribution in [0.25, 0.3) is 16.0 Å². The molecule has 0 atom stereocenters. The highest BCUT2D eigenvalue weighted by Crippen LogP contribution is 2.25. The van der Waals surface area contributed by atoms with Crippen LogP contribution in [0.3, 0.4) is 0 Å². The molecule has 2 aromatic heterocycles. The Hall–Kier alpha value is -1.52. The number of rotatable bonds is 5. The van der Waals surface area contributed by atoms with E-state index in [1.807, 2.05) is 16.7 Å². The highest BCUT2D eigenvalue weighted by atomic mass is 32.2. The van der Waals surface area contributed by atoms with E-state index in [0.717, 1.165) is 12.1 Å². The van der Waals surface area contributed by atoms with Gasteiger partial charge >= 0.3 is 0 Å². The van der Waals surface area contributed by atoms with Gasteiger partial charge in [-0.15, -0.1) is 0 Å². The Bertz CT molecular complexity index is 1030. The maximum atomic E-state index is 12.5. The number of nitrogens with one attached hydrogen (secondary N) is 1. The number of nitrogens with zero attached hydrogens (tertiary/aromatic N) is 2. The summed E-state index contributed by atoms with van der Waals surface area (Å²) in [7, 11) is 0. The van der Waals surface area contributed by atoms with E-state index in [-0.39, 0.29) is 11.8 Å². The average molecular weight is 408 g/mol. The Labute approximate surface area is 163 Å². The number of aryl methyl sites for hydroxylation is 1. The Kier molecular flexibility index (Phi) is 5.23. The quantitative estimate of drug-likeness (QED) is 0.396. The second-order valence-electron chi connectivity index (χ2n) is 5.73. The van der Waals surface area contributed by atoms with Crippen LogP contribution in [0.4, 0.5) is 0 Å². The molecule has 0 spiro atoms. The van der Waals surface area contributed by atoms with Crippen molar-refractivity contribution >= 4 is 45.7 Å². The maximum Gasteiger partial charge on any atom is 0.271 e. The van der Waals surface area contributed by atoms with Gasteiger partial charge in [0.05, 0.1) is 19.0 Å². The lowest BCUT2D eigenvalue weighted by molar-refractivity contribution is -0.0215. The number of hydrogen-bond donors (Lipinski definition) is 1. The predicted molar refractivity (Wildman–Crippen MR) is 106 cm³/mol. The van der Waals surface area contributed by atoms with E-state index < -0.39 is 0 Å². The van der Waals surface area contributed by atoms with Gasteiger partial charge < -0.3 is 14.5 Å². The minimum absolute atomic E-state index is 0.175. The summed E-state index contributed by atoms with van der Waals surface area (Å²) >= 11 is 8.17. The van der Waals surface area contributed by atoms with E-state index in [4.69, 9.17) is 21.7 Å². The summed E-state index contributed by atoms with van der Waals surface area (Å²) in [6, 6.07) is 8.16. The van der Waals surface area contributed by atoms with Gasteiger partial charge in [-0.2, -0.15) is 0 Å². The lowest BCUT2D eigenvalue weighted by Crippen LogP contribution is -2.13. The molecule has 3 aromatic rings. The maximum absolute atomic E-state index is 12.5. The number of thioether (sulfide) groups is 1. The van der Waals surface area contributed by atoms with Gasteiger partial charge in [-0.25, -0.2) is 4.98 Å². The molecule has 0 radical (unpaired) electrons. The Morgan fingerprint density at radius 2 is 2.08 bits per heavy atom. The van der Waals surface area contributed by atoms with Crippen LogP contribution >= 0.6 is 35.3 Å². The summed E-state index contributed by atoms with van der Waals surface area (Å²) in [4.78, 5) is 19.9. The zero-order valence-electron chi connectivity index (χ0n) is 14.1. The monoisotopic (exact) mass is 407 g/mol. The molecule has 0 saturated carbocycles. The van der Waals surface area contributed by atoms with Crippen LogP contribution in [0.2, 0.25) is 0 Å². The van der Waals surface area contributed by atoms with Gasteiger partial charge in [-0.3, -0.25) is 9.36 Å². The van der Waals surface area contributed by atoms with Crippen molar-refractivity contribution in [2.75, 3.05) is 19.0 Å². The van der Waals surface area contributed by atoms with Crippen molar-refractivity contribution in [3.63, 3.8) is 0 Å². The molecule has 1 fully saturated rings. The number of hydrogen-bond acceptors (Lipinski definition) is 7. The molecule has 1 aliphatic rings. The van der Waals surface area contributed by atoms with Crippen molar-refractivity contribution in [2.24, 2.45) is 0 Å². The van der Waals surface area contributed by atoms with Gasteiger partial charge in [0.15, 0.2) is 21.0 Å². The summed E-state index contributed by atoms with van der Waals surface area (Å²) in [5.74, 6) is 0.574. The van der Waals surface area contributed by atoms with Crippen LogP contribution in [0.1, 0.15) is 12.5 Å². The molecule has 0 aliphatic carbocycles. The number of aromatic amines is 1. The lowest BCUT2D eigenvalue weighted by Gasteiger charge is -2.08. The van der Waals surface area contributed by atoms with Crippen molar-refractivity contribution in [3.05, 3.63) is 44.1 Å². The average Bonchev–Trinajstić information content (AvgIpc) is 3.28. The lowest BCUT2D eigenvalue weighted by atomic mass is 10.1. The first kappa shape index (κ1) is 17.9. The molecule has 0 bridgehead atoms. The summed E-state index contributed by atoms with van der Waals surface area (Å²) in [5.41, 5.74) is 2.57. The van der Waals surface area contributed by atoms with Crippen molar-refractivity contribution in [1.29, 1.82) is 0 Å². The SMILES string of the molecule is CCc1ccc(-n2c(=S)sc3c(=O)[nH]c(SCC4OCCO4)nc32)cc1. The van der Waals surface area contributed by atoms with Gasteiger partial charge in [0.1, 0.15) is 4.70 Å². The van der Waals surface area contributed by atoms with Gasteiger partial charge in [-0.1, -0.05) is 42.2 Å². The molecule has 136 valence electrons. The van der Waals surface area contributed by atoms with Crippen LogP contribution in [0.15, 0.2) is 34.2 Å². The molecule has 26 heavy (non-hydrogen) atoms. The van der Waals surface area contributed by atoms with E-state index in [1.54, 1.807) is 0 Å². The highest BCUT2D eigenvalue weighted by molar-refractivity contribution is 7.99. The molecule has 0 amide bonds. The van der Waals surface area contributed by atoms with E-state index in [2.05, 4.69) is 29.0 Å². The fourth-order valence-electron chi connectivity index (χ4n) is 2.72. The topological polar surface area (TPSA) is 69.1 Å². The number of fused-ring (bicyclic) bond motifs is 1. The number of aromatic nitrogens is 3. The summed E-state index contributed by atoms with van der Waals surface area (Å²) in [6.07, 6.45) is 0.715. The van der Waals surface area contributed by atoms with Gasteiger partial charge in [0.2, 0.25) is 0 Å². The van der Waals surface area contributed by atoms with Crippen LogP contribution in [0, 0.1) is 3.95 Å². The van der Waals surface area contributed by atoms with Gasteiger partial charge in [-0.05, 0) is 36.3 Å². The fraction of sp³-hybridized carbons (Fsp3) is 0.353. The van der Waals surface area contributed by atoms with Gasteiger partial charge in [0, 0.05) is 5.69 Å². The minimum Gasteiger partial charge on any atom is -0.349 e. The zero-order chi connectivity index (χ0) is 18.1. The first-order valence-electron chi connectivity index (χ1n) is 8.27. The van der Waals surface area contributed by atoms with Crippen molar-refractivity contribution in [2.45, 2.75) is 24.8 Å². The van der Waals surface area contributed by atoms with E-state index in [1.165, 1.54) is 28.7 Å². The molecule has 1 saturated heterocycles. The minimum atomic E-state index is -0.258. The second-order valence-corrected chi connectivity index (χ2v) is 8.38. The van der Waals surface area contributed by atoms with Crippen LogP contribution in [-0.4, -0.2) is 39.8 Å². The number of benzene rings is 1. The Balaban J connectivity index is 1.73. The molecule has 1 aromatic carbocycles. The third-order valence-electron chi connectivity index (χ3n) is 4.07. The normalized spacial score (nSPS) is 15.1. The molecule has 0 unspecified atom stereocenters. The van der Waals surface area contributed by atoms with Gasteiger partial charge in [0.25, 0.3) is 5.56 Å². The first-order chi connectivity index (χ1) is 12.7. The van der Waals surface area contributed by atoms with Crippen molar-refractivity contribution < 1.29 is 9.47 Å². The predicted octanol–water partition coefficient (Wildman–Crippen LogP) is 3.53. The molecule has 1 aliphatic heterocycles. The number of ether oxygens (including phenoxy) is 2.